The van der Waals surface area contributed by atoms with Crippen molar-refractivity contribution < 1.29 is 9.53 Å². The summed E-state index contributed by atoms with van der Waals surface area (Å²) in [7, 11) is 0. The van der Waals surface area contributed by atoms with Crippen LogP contribution in [0.15, 0.2) is 30.3 Å². The standard InChI is InChI=1S/C13H15NO2/c1-3-7-12(14)13(15)16-10(2)11-8-5-4-6-9-11/h1,4-6,8-10,12H,7,14H2,2H3. The number of benzene rings is 1. The molecule has 0 aliphatic rings. The quantitative estimate of drug-likeness (QED) is 0.616. The van der Waals surface area contributed by atoms with Gasteiger partial charge in [-0.1, -0.05) is 30.3 Å². The Kier molecular flexibility index (Phi) is 4.56. The Morgan fingerprint density at radius 1 is 1.50 bits per heavy atom. The Hall–Kier alpha value is -1.79. The molecule has 2 atom stereocenters. The molecule has 0 fully saturated rings. The lowest BCUT2D eigenvalue weighted by atomic mass is 10.1. The van der Waals surface area contributed by atoms with Gasteiger partial charge in [0, 0.05) is 6.42 Å². The monoisotopic (exact) mass is 217 g/mol. The van der Waals surface area contributed by atoms with Gasteiger partial charge in [0.2, 0.25) is 0 Å². The zero-order valence-corrected chi connectivity index (χ0v) is 9.22. The first-order valence-corrected chi connectivity index (χ1v) is 5.09. The summed E-state index contributed by atoms with van der Waals surface area (Å²) in [6, 6.07) is 8.73. The average molecular weight is 217 g/mol. The fourth-order valence-corrected chi connectivity index (χ4v) is 1.26. The second-order valence-electron chi connectivity index (χ2n) is 3.50. The first-order chi connectivity index (χ1) is 7.65. The largest absolute Gasteiger partial charge is 0.457 e. The Bertz CT molecular complexity index is 381. The number of carbonyl (C=O) groups excluding carboxylic acids is 1. The van der Waals surface area contributed by atoms with Crippen LogP contribution >= 0.6 is 0 Å². The second-order valence-corrected chi connectivity index (χ2v) is 3.50. The molecule has 0 heterocycles. The molecule has 0 aliphatic carbocycles. The van der Waals surface area contributed by atoms with Crippen LogP contribution in [0, 0.1) is 12.3 Å². The van der Waals surface area contributed by atoms with E-state index in [-0.39, 0.29) is 12.5 Å². The predicted molar refractivity (Wildman–Crippen MR) is 62.4 cm³/mol. The summed E-state index contributed by atoms with van der Waals surface area (Å²) in [5, 5.41) is 0. The summed E-state index contributed by atoms with van der Waals surface area (Å²) < 4.78 is 5.19. The average Bonchev–Trinajstić information content (AvgIpc) is 2.30. The molecule has 84 valence electrons. The lowest BCUT2D eigenvalue weighted by Gasteiger charge is -2.15. The number of rotatable bonds is 4. The molecule has 1 rings (SSSR count). The van der Waals surface area contributed by atoms with Gasteiger partial charge >= 0.3 is 5.97 Å². The van der Waals surface area contributed by atoms with Gasteiger partial charge in [0.05, 0.1) is 0 Å². The molecule has 3 nitrogen and oxygen atoms in total. The van der Waals surface area contributed by atoms with Gasteiger partial charge in [-0.15, -0.1) is 12.3 Å². The molecule has 0 radical (unpaired) electrons. The fourth-order valence-electron chi connectivity index (χ4n) is 1.26. The van der Waals surface area contributed by atoms with Crippen molar-refractivity contribution in [1.82, 2.24) is 0 Å². The van der Waals surface area contributed by atoms with Gasteiger partial charge < -0.3 is 10.5 Å². The van der Waals surface area contributed by atoms with Gasteiger partial charge in [-0.25, -0.2) is 0 Å². The minimum absolute atomic E-state index is 0.195. The smallest absolute Gasteiger partial charge is 0.324 e. The highest BCUT2D eigenvalue weighted by Crippen LogP contribution is 2.16. The second kappa shape index (κ2) is 5.94. The SMILES string of the molecule is C#CCC(N)C(=O)OC(C)c1ccccc1. The van der Waals surface area contributed by atoms with E-state index in [1.54, 1.807) is 6.92 Å². The Balaban J connectivity index is 2.56. The zero-order chi connectivity index (χ0) is 12.0. The fraction of sp³-hybridized carbons (Fsp3) is 0.308. The summed E-state index contributed by atoms with van der Waals surface area (Å²) in [4.78, 5) is 11.5. The van der Waals surface area contributed by atoms with Crippen molar-refractivity contribution in [3.05, 3.63) is 35.9 Å². The summed E-state index contributed by atoms with van der Waals surface area (Å²) in [5.41, 5.74) is 6.47. The van der Waals surface area contributed by atoms with Gasteiger partial charge in [-0.3, -0.25) is 4.79 Å². The molecule has 0 bridgehead atoms. The van der Waals surface area contributed by atoms with Crippen molar-refractivity contribution in [2.24, 2.45) is 5.73 Å². The van der Waals surface area contributed by atoms with Crippen molar-refractivity contribution >= 4 is 5.97 Å². The Morgan fingerprint density at radius 3 is 2.69 bits per heavy atom. The van der Waals surface area contributed by atoms with E-state index in [1.165, 1.54) is 0 Å². The minimum atomic E-state index is -0.740. The summed E-state index contributed by atoms with van der Waals surface area (Å²) >= 11 is 0. The van der Waals surface area contributed by atoms with E-state index in [2.05, 4.69) is 5.92 Å². The van der Waals surface area contributed by atoms with E-state index in [1.807, 2.05) is 30.3 Å². The molecule has 1 aromatic rings. The van der Waals surface area contributed by atoms with E-state index < -0.39 is 12.0 Å². The highest BCUT2D eigenvalue weighted by Gasteiger charge is 2.17. The van der Waals surface area contributed by atoms with Crippen molar-refractivity contribution in [3.63, 3.8) is 0 Å². The van der Waals surface area contributed by atoms with E-state index in [0.717, 1.165) is 5.56 Å². The minimum Gasteiger partial charge on any atom is -0.457 e. The van der Waals surface area contributed by atoms with E-state index in [9.17, 15) is 4.79 Å². The molecule has 3 heteroatoms. The van der Waals surface area contributed by atoms with E-state index in [0.29, 0.717) is 0 Å². The third-order valence-corrected chi connectivity index (χ3v) is 2.20. The molecule has 0 saturated carbocycles. The molecule has 0 aliphatic heterocycles. The van der Waals surface area contributed by atoms with Gasteiger partial charge in [-0.05, 0) is 12.5 Å². The summed E-state index contributed by atoms with van der Waals surface area (Å²) in [6.45, 7) is 1.80. The molecule has 16 heavy (non-hydrogen) atoms. The third kappa shape index (κ3) is 3.41. The van der Waals surface area contributed by atoms with Crippen LogP contribution in [-0.2, 0) is 9.53 Å². The predicted octanol–water partition coefficient (Wildman–Crippen LogP) is 1.64. The number of hydrogen-bond acceptors (Lipinski definition) is 3. The summed E-state index contributed by atoms with van der Waals surface area (Å²) in [6.07, 6.45) is 4.96. The van der Waals surface area contributed by atoms with Crippen molar-refractivity contribution in [2.75, 3.05) is 0 Å². The number of esters is 1. The summed E-state index contributed by atoms with van der Waals surface area (Å²) in [5.74, 6) is 1.87. The number of terminal acetylenes is 1. The number of ether oxygens (including phenoxy) is 1. The van der Waals surface area contributed by atoms with Gasteiger partial charge in [-0.2, -0.15) is 0 Å². The number of hydrogen-bond donors (Lipinski definition) is 1. The van der Waals surface area contributed by atoms with Gasteiger partial charge in [0.15, 0.2) is 0 Å². The zero-order valence-electron chi connectivity index (χ0n) is 9.22. The molecule has 0 aromatic heterocycles. The molecule has 2 N–H and O–H groups in total. The van der Waals surface area contributed by atoms with Crippen LogP contribution in [0.5, 0.6) is 0 Å². The van der Waals surface area contributed by atoms with Gasteiger partial charge in [0.25, 0.3) is 0 Å². The van der Waals surface area contributed by atoms with Crippen LogP contribution in [0.1, 0.15) is 25.0 Å². The maximum atomic E-state index is 11.5. The Labute approximate surface area is 95.6 Å². The lowest BCUT2D eigenvalue weighted by Crippen LogP contribution is -2.32. The van der Waals surface area contributed by atoms with Gasteiger partial charge in [0.1, 0.15) is 12.1 Å². The van der Waals surface area contributed by atoms with Crippen molar-refractivity contribution in [2.45, 2.75) is 25.5 Å². The first kappa shape index (κ1) is 12.3. The molecule has 2 unspecified atom stereocenters. The van der Waals surface area contributed by atoms with Crippen LogP contribution < -0.4 is 5.73 Å². The molecular formula is C13H15NO2. The number of nitrogens with two attached hydrogens (primary N) is 1. The molecular weight excluding hydrogens is 202 g/mol. The lowest BCUT2D eigenvalue weighted by molar-refractivity contribution is -0.150. The first-order valence-electron chi connectivity index (χ1n) is 5.09. The maximum Gasteiger partial charge on any atom is 0.324 e. The molecule has 1 aromatic carbocycles. The van der Waals surface area contributed by atoms with Crippen molar-refractivity contribution in [1.29, 1.82) is 0 Å². The maximum absolute atomic E-state index is 11.5. The van der Waals surface area contributed by atoms with Crippen LogP contribution in [0.3, 0.4) is 0 Å². The topological polar surface area (TPSA) is 52.3 Å². The highest BCUT2D eigenvalue weighted by atomic mass is 16.5. The highest BCUT2D eigenvalue weighted by molar-refractivity contribution is 5.76. The molecule has 0 amide bonds. The number of carbonyl (C=O) groups is 1. The van der Waals surface area contributed by atoms with Crippen molar-refractivity contribution in [3.8, 4) is 12.3 Å². The van der Waals surface area contributed by atoms with Crippen LogP contribution in [0.2, 0.25) is 0 Å². The molecule has 0 saturated heterocycles. The third-order valence-electron chi connectivity index (χ3n) is 2.20. The Morgan fingerprint density at radius 2 is 2.12 bits per heavy atom. The normalized spacial score (nSPS) is 13.6. The van der Waals surface area contributed by atoms with Crippen LogP contribution in [0.25, 0.3) is 0 Å². The molecule has 0 spiro atoms. The van der Waals surface area contributed by atoms with Crippen LogP contribution in [0.4, 0.5) is 0 Å². The van der Waals surface area contributed by atoms with Crippen LogP contribution in [-0.4, -0.2) is 12.0 Å². The van der Waals surface area contributed by atoms with E-state index >= 15 is 0 Å². The van der Waals surface area contributed by atoms with E-state index in [4.69, 9.17) is 16.9 Å².